The lowest BCUT2D eigenvalue weighted by Gasteiger charge is -2.06. The molecule has 1 N–H and O–H groups in total. The van der Waals surface area contributed by atoms with Crippen molar-refractivity contribution in [3.05, 3.63) is 40.6 Å². The van der Waals surface area contributed by atoms with Crippen LogP contribution in [0.4, 0.5) is 0 Å². The quantitative estimate of drug-likeness (QED) is 0.941. The van der Waals surface area contributed by atoms with Gasteiger partial charge in [0, 0.05) is 0 Å². The Morgan fingerprint density at radius 3 is 2.88 bits per heavy atom. The van der Waals surface area contributed by atoms with Crippen LogP contribution in [0.1, 0.15) is 5.56 Å². The normalized spacial score (nSPS) is 10.4. The van der Waals surface area contributed by atoms with E-state index in [0.29, 0.717) is 6.54 Å². The molecule has 0 aliphatic rings. The molecule has 0 saturated carbocycles. The summed E-state index contributed by atoms with van der Waals surface area (Å²) in [7, 11) is 1.63. The molecule has 0 saturated heterocycles. The highest BCUT2D eigenvalue weighted by molar-refractivity contribution is 9.10. The number of hydrogen-bond donors (Lipinski definition) is 1. The van der Waals surface area contributed by atoms with Crippen molar-refractivity contribution < 1.29 is 9.84 Å². The maximum atomic E-state index is 9.16. The molecule has 1 heterocycles. The van der Waals surface area contributed by atoms with Crippen LogP contribution in [0.2, 0.25) is 0 Å². The van der Waals surface area contributed by atoms with E-state index in [1.807, 2.05) is 18.2 Å². The van der Waals surface area contributed by atoms with Crippen molar-refractivity contribution in [1.82, 2.24) is 9.78 Å². The molecule has 5 heteroatoms. The molecule has 4 nitrogen and oxygen atoms in total. The molecular weight excluding hydrogens is 272 g/mol. The SMILES string of the molecule is COc1ccc(Cn2cc(O)cn2)cc1Br. The topological polar surface area (TPSA) is 47.3 Å². The highest BCUT2D eigenvalue weighted by atomic mass is 79.9. The average molecular weight is 283 g/mol. The second kappa shape index (κ2) is 4.57. The fourth-order valence-electron chi connectivity index (χ4n) is 1.43. The maximum absolute atomic E-state index is 9.16. The number of aromatic nitrogens is 2. The van der Waals surface area contributed by atoms with Crippen LogP contribution in [0.15, 0.2) is 35.1 Å². The lowest BCUT2D eigenvalue weighted by Crippen LogP contribution is -1.99. The lowest BCUT2D eigenvalue weighted by molar-refractivity contribution is 0.412. The van der Waals surface area contributed by atoms with Gasteiger partial charge in [0.05, 0.1) is 30.5 Å². The summed E-state index contributed by atoms with van der Waals surface area (Å²) >= 11 is 3.42. The van der Waals surface area contributed by atoms with Gasteiger partial charge in [0.25, 0.3) is 0 Å². The van der Waals surface area contributed by atoms with Crippen LogP contribution in [0, 0.1) is 0 Å². The highest BCUT2D eigenvalue weighted by Crippen LogP contribution is 2.25. The molecule has 0 spiro atoms. The summed E-state index contributed by atoms with van der Waals surface area (Å²) in [5.41, 5.74) is 1.08. The van der Waals surface area contributed by atoms with Crippen molar-refractivity contribution in [2.24, 2.45) is 0 Å². The fourth-order valence-corrected chi connectivity index (χ4v) is 2.02. The molecule has 2 aromatic rings. The molecule has 0 amide bonds. The summed E-state index contributed by atoms with van der Waals surface area (Å²) < 4.78 is 7.72. The molecule has 0 aliphatic carbocycles. The van der Waals surface area contributed by atoms with Crippen LogP contribution in [-0.4, -0.2) is 22.0 Å². The Bertz CT molecular complexity index is 496. The number of ether oxygens (including phenoxy) is 1. The third-order valence-corrected chi connectivity index (χ3v) is 2.80. The predicted molar refractivity (Wildman–Crippen MR) is 63.7 cm³/mol. The Morgan fingerprint density at radius 1 is 1.50 bits per heavy atom. The van der Waals surface area contributed by atoms with Crippen molar-refractivity contribution in [2.45, 2.75) is 6.54 Å². The molecule has 0 fully saturated rings. The fraction of sp³-hybridized carbons (Fsp3) is 0.182. The van der Waals surface area contributed by atoms with E-state index in [0.717, 1.165) is 15.8 Å². The van der Waals surface area contributed by atoms with Crippen molar-refractivity contribution >= 4 is 15.9 Å². The van der Waals surface area contributed by atoms with E-state index in [4.69, 9.17) is 9.84 Å². The highest BCUT2D eigenvalue weighted by Gasteiger charge is 2.03. The van der Waals surface area contributed by atoms with Crippen molar-refractivity contribution in [3.63, 3.8) is 0 Å². The van der Waals surface area contributed by atoms with E-state index in [2.05, 4.69) is 21.0 Å². The summed E-state index contributed by atoms with van der Waals surface area (Å²) in [6, 6.07) is 5.82. The Balaban J connectivity index is 2.19. The molecule has 1 aromatic heterocycles. The first-order chi connectivity index (χ1) is 7.69. The monoisotopic (exact) mass is 282 g/mol. The minimum absolute atomic E-state index is 0.174. The van der Waals surface area contributed by atoms with Crippen molar-refractivity contribution in [1.29, 1.82) is 0 Å². The number of hydrogen-bond acceptors (Lipinski definition) is 3. The largest absolute Gasteiger partial charge is 0.505 e. The summed E-state index contributed by atoms with van der Waals surface area (Å²) in [6.07, 6.45) is 3.00. The van der Waals surface area contributed by atoms with Crippen molar-refractivity contribution in [3.8, 4) is 11.5 Å². The number of benzene rings is 1. The van der Waals surface area contributed by atoms with Gasteiger partial charge in [0.15, 0.2) is 5.75 Å². The van der Waals surface area contributed by atoms with Gasteiger partial charge in [-0.15, -0.1) is 0 Å². The molecule has 0 bridgehead atoms. The number of methoxy groups -OCH3 is 1. The first-order valence-corrected chi connectivity index (χ1v) is 5.52. The van der Waals surface area contributed by atoms with Gasteiger partial charge in [-0.25, -0.2) is 0 Å². The number of rotatable bonds is 3. The standard InChI is InChI=1S/C11H11BrN2O2/c1-16-11-3-2-8(4-10(11)12)6-14-7-9(15)5-13-14/h2-5,7,15H,6H2,1H3. The summed E-state index contributed by atoms with van der Waals surface area (Å²) in [4.78, 5) is 0. The van der Waals surface area contributed by atoms with Gasteiger partial charge < -0.3 is 9.84 Å². The van der Waals surface area contributed by atoms with Gasteiger partial charge in [-0.3, -0.25) is 4.68 Å². The third kappa shape index (κ3) is 2.36. The van der Waals surface area contributed by atoms with Crippen molar-refractivity contribution in [2.75, 3.05) is 7.11 Å². The van der Waals surface area contributed by atoms with Gasteiger partial charge in [-0.2, -0.15) is 5.10 Å². The van der Waals surface area contributed by atoms with Crippen LogP contribution in [-0.2, 0) is 6.54 Å². The van der Waals surface area contributed by atoms with Crippen LogP contribution in [0.3, 0.4) is 0 Å². The van der Waals surface area contributed by atoms with E-state index in [1.54, 1.807) is 18.0 Å². The Kier molecular flexibility index (Phi) is 3.14. The molecule has 0 radical (unpaired) electrons. The smallest absolute Gasteiger partial charge is 0.153 e. The molecule has 0 atom stereocenters. The lowest BCUT2D eigenvalue weighted by atomic mass is 10.2. The first-order valence-electron chi connectivity index (χ1n) is 4.73. The van der Waals surface area contributed by atoms with Crippen LogP contribution in [0.25, 0.3) is 0 Å². The molecule has 2 rings (SSSR count). The van der Waals surface area contributed by atoms with Gasteiger partial charge in [-0.05, 0) is 33.6 Å². The van der Waals surface area contributed by atoms with Gasteiger partial charge >= 0.3 is 0 Å². The second-order valence-corrected chi connectivity index (χ2v) is 4.22. The number of halogens is 1. The summed E-state index contributed by atoms with van der Waals surface area (Å²) in [5.74, 6) is 0.972. The van der Waals surface area contributed by atoms with Crippen LogP contribution in [0.5, 0.6) is 11.5 Å². The summed E-state index contributed by atoms with van der Waals surface area (Å²) in [5, 5.41) is 13.2. The molecule has 1 aromatic carbocycles. The minimum Gasteiger partial charge on any atom is -0.505 e. The van der Waals surface area contributed by atoms with E-state index in [-0.39, 0.29) is 5.75 Å². The second-order valence-electron chi connectivity index (χ2n) is 3.37. The zero-order valence-corrected chi connectivity index (χ0v) is 10.3. The molecule has 0 unspecified atom stereocenters. The van der Waals surface area contributed by atoms with E-state index >= 15 is 0 Å². The average Bonchev–Trinajstić information content (AvgIpc) is 2.64. The Labute approximate surface area is 102 Å². The van der Waals surface area contributed by atoms with Crippen LogP contribution < -0.4 is 4.74 Å². The third-order valence-electron chi connectivity index (χ3n) is 2.18. The number of nitrogens with zero attached hydrogens (tertiary/aromatic N) is 2. The Hall–Kier alpha value is -1.49. The zero-order valence-electron chi connectivity index (χ0n) is 8.72. The van der Waals surface area contributed by atoms with Crippen LogP contribution >= 0.6 is 15.9 Å². The van der Waals surface area contributed by atoms with Gasteiger partial charge in [0.2, 0.25) is 0 Å². The van der Waals surface area contributed by atoms with E-state index < -0.39 is 0 Å². The zero-order chi connectivity index (χ0) is 11.5. The van der Waals surface area contributed by atoms with E-state index in [1.165, 1.54) is 6.20 Å². The van der Waals surface area contributed by atoms with Gasteiger partial charge in [-0.1, -0.05) is 6.07 Å². The maximum Gasteiger partial charge on any atom is 0.153 e. The Morgan fingerprint density at radius 2 is 2.31 bits per heavy atom. The van der Waals surface area contributed by atoms with E-state index in [9.17, 15) is 0 Å². The number of aromatic hydroxyl groups is 1. The van der Waals surface area contributed by atoms with Gasteiger partial charge in [0.1, 0.15) is 5.75 Å². The molecule has 16 heavy (non-hydrogen) atoms. The minimum atomic E-state index is 0.174. The molecular formula is C11H11BrN2O2. The predicted octanol–water partition coefficient (Wildman–Crippen LogP) is 2.41. The molecule has 0 aliphatic heterocycles. The molecule has 84 valence electrons. The first kappa shape index (κ1) is 11.0. The summed E-state index contributed by atoms with van der Waals surface area (Å²) in [6.45, 7) is 0.614.